The fraction of sp³-hybridized carbons (Fsp3) is 0.524. The molecule has 1 atom stereocenters. The second-order valence-corrected chi connectivity index (χ2v) is 7.16. The predicted octanol–water partition coefficient (Wildman–Crippen LogP) is 3.77. The largest absolute Gasteiger partial charge is 0.451 e. The highest BCUT2D eigenvalue weighted by atomic mass is 16.3. The van der Waals surface area contributed by atoms with Crippen LogP contribution in [0.4, 0.5) is 0 Å². The van der Waals surface area contributed by atoms with Crippen LogP contribution in [0.2, 0.25) is 0 Å². The SMILES string of the molecule is CCN(CC)C(=O)[C@@H]1CCCN(C(=O)c2oc3ccc(C)cc3c2C)C1. The van der Waals surface area contributed by atoms with Crippen LogP contribution in [0.15, 0.2) is 22.6 Å². The number of furan rings is 1. The molecule has 0 bridgehead atoms. The van der Waals surface area contributed by atoms with E-state index in [-0.39, 0.29) is 17.7 Å². The van der Waals surface area contributed by atoms with Crippen molar-refractivity contribution in [1.82, 2.24) is 9.80 Å². The number of benzene rings is 1. The third-order valence-corrected chi connectivity index (χ3v) is 5.42. The molecule has 140 valence electrons. The van der Waals surface area contributed by atoms with Gasteiger partial charge in [-0.2, -0.15) is 0 Å². The van der Waals surface area contributed by atoms with Gasteiger partial charge in [0.1, 0.15) is 5.58 Å². The highest BCUT2D eigenvalue weighted by Gasteiger charge is 2.32. The first-order valence-electron chi connectivity index (χ1n) is 9.54. The summed E-state index contributed by atoms with van der Waals surface area (Å²) < 4.78 is 5.87. The van der Waals surface area contributed by atoms with Crippen LogP contribution in [0.25, 0.3) is 11.0 Å². The lowest BCUT2D eigenvalue weighted by atomic mass is 9.96. The molecule has 0 radical (unpaired) electrons. The molecule has 5 heteroatoms. The molecule has 0 unspecified atom stereocenters. The number of likely N-dealkylation sites (tertiary alicyclic amines) is 1. The minimum absolute atomic E-state index is 0.103. The van der Waals surface area contributed by atoms with Gasteiger partial charge in [0.2, 0.25) is 5.91 Å². The molecular weight excluding hydrogens is 328 g/mol. The number of rotatable bonds is 4. The first-order chi connectivity index (χ1) is 12.5. The first-order valence-corrected chi connectivity index (χ1v) is 9.54. The van der Waals surface area contributed by atoms with Gasteiger partial charge in [0.05, 0.1) is 5.92 Å². The molecule has 2 aromatic rings. The number of hydrogen-bond donors (Lipinski definition) is 0. The number of nitrogens with zero attached hydrogens (tertiary/aromatic N) is 2. The van der Waals surface area contributed by atoms with Crippen molar-refractivity contribution in [3.63, 3.8) is 0 Å². The molecular formula is C21H28N2O3. The summed E-state index contributed by atoms with van der Waals surface area (Å²) in [5, 5.41) is 0.987. The van der Waals surface area contributed by atoms with Crippen LogP contribution >= 0.6 is 0 Å². The molecule has 0 aliphatic carbocycles. The molecule has 2 amide bonds. The standard InChI is InChI=1S/C21H28N2O3/c1-5-22(6-2)20(24)16-8-7-11-23(13-16)21(25)19-15(4)17-12-14(3)9-10-18(17)26-19/h9-10,12,16H,5-8,11,13H2,1-4H3/t16-/m1/s1. The zero-order valence-corrected chi connectivity index (χ0v) is 16.2. The van der Waals surface area contributed by atoms with Gasteiger partial charge in [0, 0.05) is 37.1 Å². The van der Waals surface area contributed by atoms with Crippen molar-refractivity contribution < 1.29 is 14.0 Å². The molecule has 1 aromatic heterocycles. The lowest BCUT2D eigenvalue weighted by Crippen LogP contribution is -2.46. The van der Waals surface area contributed by atoms with Crippen LogP contribution in [0.3, 0.4) is 0 Å². The van der Waals surface area contributed by atoms with Crippen LogP contribution < -0.4 is 0 Å². The fourth-order valence-electron chi connectivity index (χ4n) is 3.84. The minimum atomic E-state index is -0.112. The van der Waals surface area contributed by atoms with Crippen LogP contribution in [0, 0.1) is 19.8 Å². The van der Waals surface area contributed by atoms with Gasteiger partial charge < -0.3 is 14.2 Å². The van der Waals surface area contributed by atoms with Crippen LogP contribution in [-0.2, 0) is 4.79 Å². The van der Waals surface area contributed by atoms with Crippen LogP contribution in [0.5, 0.6) is 0 Å². The Kier molecular flexibility index (Phi) is 5.35. The van der Waals surface area contributed by atoms with E-state index in [0.717, 1.165) is 34.9 Å². The Morgan fingerprint density at radius 2 is 1.96 bits per heavy atom. The summed E-state index contributed by atoms with van der Waals surface area (Å²) >= 11 is 0. The van der Waals surface area contributed by atoms with Crippen molar-refractivity contribution in [3.05, 3.63) is 35.1 Å². The average Bonchev–Trinajstić information content (AvgIpc) is 2.98. The quantitative estimate of drug-likeness (QED) is 0.838. The van der Waals surface area contributed by atoms with Gasteiger partial charge in [-0.05, 0) is 52.7 Å². The number of aryl methyl sites for hydroxylation is 2. The predicted molar refractivity (Wildman–Crippen MR) is 102 cm³/mol. The first kappa shape index (κ1) is 18.5. The molecule has 3 rings (SSSR count). The summed E-state index contributed by atoms with van der Waals surface area (Å²) in [6.45, 7) is 10.5. The number of fused-ring (bicyclic) bond motifs is 1. The summed E-state index contributed by atoms with van der Waals surface area (Å²) in [6, 6.07) is 5.95. The maximum absolute atomic E-state index is 13.1. The Morgan fingerprint density at radius 3 is 2.65 bits per heavy atom. The monoisotopic (exact) mass is 356 g/mol. The van der Waals surface area contributed by atoms with Gasteiger partial charge in [-0.1, -0.05) is 11.6 Å². The van der Waals surface area contributed by atoms with Gasteiger partial charge in [0.15, 0.2) is 5.76 Å². The second-order valence-electron chi connectivity index (χ2n) is 7.16. The average molecular weight is 356 g/mol. The molecule has 1 aliphatic heterocycles. The summed E-state index contributed by atoms with van der Waals surface area (Å²) in [7, 11) is 0. The van der Waals surface area contributed by atoms with Crippen molar-refractivity contribution >= 4 is 22.8 Å². The zero-order chi connectivity index (χ0) is 18.8. The van der Waals surface area contributed by atoms with Gasteiger partial charge in [0.25, 0.3) is 5.91 Å². The van der Waals surface area contributed by atoms with Gasteiger partial charge in [-0.25, -0.2) is 0 Å². The molecule has 26 heavy (non-hydrogen) atoms. The van der Waals surface area contributed by atoms with Gasteiger partial charge >= 0.3 is 0 Å². The van der Waals surface area contributed by atoms with E-state index in [1.807, 2.05) is 50.8 Å². The number of amides is 2. The normalized spacial score (nSPS) is 17.5. The Balaban J connectivity index is 1.81. The maximum Gasteiger partial charge on any atom is 0.289 e. The Hall–Kier alpha value is -2.30. The summed E-state index contributed by atoms with van der Waals surface area (Å²) in [5.74, 6) is 0.346. The Bertz CT molecular complexity index is 820. The third-order valence-electron chi connectivity index (χ3n) is 5.42. The Labute approximate surface area is 154 Å². The Morgan fingerprint density at radius 1 is 1.23 bits per heavy atom. The fourth-order valence-corrected chi connectivity index (χ4v) is 3.84. The molecule has 5 nitrogen and oxygen atoms in total. The lowest BCUT2D eigenvalue weighted by molar-refractivity contribution is -0.136. The summed E-state index contributed by atoms with van der Waals surface area (Å²) in [5.41, 5.74) is 2.76. The number of carbonyl (C=O) groups excluding carboxylic acids is 2. The van der Waals surface area contributed by atoms with E-state index in [4.69, 9.17) is 4.42 Å². The van der Waals surface area contributed by atoms with Crippen molar-refractivity contribution in [2.75, 3.05) is 26.2 Å². The molecule has 0 spiro atoms. The molecule has 0 N–H and O–H groups in total. The molecule has 2 heterocycles. The van der Waals surface area contributed by atoms with Crippen molar-refractivity contribution in [3.8, 4) is 0 Å². The van der Waals surface area contributed by atoms with E-state index in [1.54, 1.807) is 4.90 Å². The number of hydrogen-bond acceptors (Lipinski definition) is 3. The van der Waals surface area contributed by atoms with Gasteiger partial charge in [-0.3, -0.25) is 9.59 Å². The molecule has 1 aliphatic rings. The third kappa shape index (κ3) is 3.35. The molecule has 1 saturated heterocycles. The molecule has 1 aromatic carbocycles. The van der Waals surface area contributed by atoms with E-state index in [2.05, 4.69) is 0 Å². The zero-order valence-electron chi connectivity index (χ0n) is 16.2. The van der Waals surface area contributed by atoms with Crippen molar-refractivity contribution in [1.29, 1.82) is 0 Å². The topological polar surface area (TPSA) is 53.8 Å². The van der Waals surface area contributed by atoms with E-state index in [9.17, 15) is 9.59 Å². The van der Waals surface area contributed by atoms with E-state index >= 15 is 0 Å². The molecule has 1 fully saturated rings. The smallest absolute Gasteiger partial charge is 0.289 e. The molecule has 0 saturated carbocycles. The van der Waals surface area contributed by atoms with Crippen LogP contribution in [-0.4, -0.2) is 47.8 Å². The second kappa shape index (κ2) is 7.52. The highest BCUT2D eigenvalue weighted by Crippen LogP contribution is 2.28. The van der Waals surface area contributed by atoms with E-state index in [0.29, 0.717) is 31.9 Å². The van der Waals surface area contributed by atoms with Crippen LogP contribution in [0.1, 0.15) is 48.4 Å². The maximum atomic E-state index is 13.1. The van der Waals surface area contributed by atoms with Crippen molar-refractivity contribution in [2.45, 2.75) is 40.5 Å². The van der Waals surface area contributed by atoms with Gasteiger partial charge in [-0.15, -0.1) is 0 Å². The highest BCUT2D eigenvalue weighted by molar-refractivity contribution is 5.99. The lowest BCUT2D eigenvalue weighted by Gasteiger charge is -2.34. The van der Waals surface area contributed by atoms with E-state index in [1.165, 1.54) is 0 Å². The number of carbonyl (C=O) groups is 2. The minimum Gasteiger partial charge on any atom is -0.451 e. The van der Waals surface area contributed by atoms with Crippen molar-refractivity contribution in [2.24, 2.45) is 5.92 Å². The summed E-state index contributed by atoms with van der Waals surface area (Å²) in [6.07, 6.45) is 1.69. The summed E-state index contributed by atoms with van der Waals surface area (Å²) in [4.78, 5) is 29.4. The number of piperidine rings is 1. The van der Waals surface area contributed by atoms with E-state index < -0.39 is 0 Å².